The number of likely N-dealkylation sites (tertiary alicyclic amines) is 2. The molecule has 2 aliphatic carbocycles. The normalized spacial score (nSPS) is 24.4. The largest absolute Gasteiger partial charge is 2.00 e. The second kappa shape index (κ2) is 18.4. The van der Waals surface area contributed by atoms with Crippen molar-refractivity contribution >= 4 is 61.5 Å². The summed E-state index contributed by atoms with van der Waals surface area (Å²) in [7, 11) is 0. The minimum atomic E-state index is -1.13. The zero-order valence-electron chi connectivity index (χ0n) is 27.6. The van der Waals surface area contributed by atoms with Crippen LogP contribution in [0.4, 0.5) is 0 Å². The molecule has 6 atom stereocenters. The molecule has 0 N–H and O–H groups in total. The number of fused-ring (bicyclic) bond motifs is 2. The molecule has 2 aromatic carbocycles. The number of hydrogen-bond donors (Lipinski definition) is 0. The van der Waals surface area contributed by atoms with Gasteiger partial charge in [-0.05, 0) is 73.3 Å². The maximum absolute atomic E-state index is 12.5. The third kappa shape index (κ3) is 10.8. The Balaban J connectivity index is 0.000000208. The number of carbonyl (C=O) groups excluding carboxylic acids is 4. The molecule has 4 fully saturated rings. The molecule has 0 aromatic heterocycles. The molecule has 2 amide bonds. The van der Waals surface area contributed by atoms with Crippen molar-refractivity contribution in [2.75, 3.05) is 26.2 Å². The Hall–Kier alpha value is -2.42. The van der Waals surface area contributed by atoms with E-state index >= 15 is 0 Å². The van der Waals surface area contributed by atoms with Crippen LogP contribution in [0.3, 0.4) is 0 Å². The number of aliphatic carboxylic acids is 2. The van der Waals surface area contributed by atoms with Crippen LogP contribution < -0.4 is 10.2 Å². The molecule has 0 unspecified atom stereocenters. The molecule has 2 saturated carbocycles. The van der Waals surface area contributed by atoms with Crippen molar-refractivity contribution in [1.82, 2.24) is 9.80 Å². The molecule has 6 rings (SSSR count). The number of carboxylic acid groups (broad SMARTS) is 2. The van der Waals surface area contributed by atoms with Gasteiger partial charge in [-0.2, -0.15) is 0 Å². The Kier molecular flexibility index (Phi) is 14.6. The molecule has 8 nitrogen and oxygen atoms in total. The summed E-state index contributed by atoms with van der Waals surface area (Å²) in [6.07, 6.45) is 10.7. The van der Waals surface area contributed by atoms with Crippen LogP contribution in [-0.4, -0.2) is 97.5 Å². The maximum atomic E-state index is 12.5. The summed E-state index contributed by atoms with van der Waals surface area (Å²) in [5.41, 5.74) is 1.87. The van der Waals surface area contributed by atoms with Crippen molar-refractivity contribution in [1.29, 1.82) is 0 Å². The summed E-state index contributed by atoms with van der Waals surface area (Å²) in [5, 5.41) is 22.8. The Morgan fingerprint density at radius 2 is 0.851 bits per heavy atom. The first-order valence-electron chi connectivity index (χ1n) is 17.3. The van der Waals surface area contributed by atoms with Crippen molar-refractivity contribution in [3.8, 4) is 0 Å². The van der Waals surface area contributed by atoms with Crippen LogP contribution in [0.2, 0.25) is 0 Å². The molecule has 0 radical (unpaired) electrons. The van der Waals surface area contributed by atoms with Crippen molar-refractivity contribution in [3.05, 3.63) is 71.8 Å². The maximum Gasteiger partial charge on any atom is 2.00 e. The van der Waals surface area contributed by atoms with E-state index in [2.05, 4.69) is 0 Å². The number of benzene rings is 2. The van der Waals surface area contributed by atoms with E-state index in [0.717, 1.165) is 37.3 Å². The summed E-state index contributed by atoms with van der Waals surface area (Å²) < 4.78 is 0. The van der Waals surface area contributed by atoms with Crippen molar-refractivity contribution < 1.29 is 29.4 Å². The molecular weight excluding hydrogens is 621 g/mol. The Labute approximate surface area is 309 Å². The van der Waals surface area contributed by atoms with Crippen LogP contribution in [0.5, 0.6) is 0 Å². The van der Waals surface area contributed by atoms with Gasteiger partial charge in [-0.15, -0.1) is 0 Å². The zero-order valence-corrected chi connectivity index (χ0v) is 29.8. The van der Waals surface area contributed by atoms with Crippen LogP contribution >= 0.6 is 0 Å². The second-order valence-electron chi connectivity index (χ2n) is 14.0. The zero-order chi connectivity index (χ0) is 32.5. The Morgan fingerprint density at radius 3 is 1.13 bits per heavy atom. The van der Waals surface area contributed by atoms with Crippen molar-refractivity contribution in [2.45, 2.75) is 77.0 Å². The molecule has 2 aliphatic heterocycles. The predicted octanol–water partition coefficient (Wildman–Crippen LogP) is 2.89. The van der Waals surface area contributed by atoms with E-state index in [1.54, 1.807) is 0 Å². The first-order chi connectivity index (χ1) is 22.3. The van der Waals surface area contributed by atoms with E-state index in [1.807, 2.05) is 70.5 Å². The second-order valence-corrected chi connectivity index (χ2v) is 14.0. The molecule has 2 aromatic rings. The van der Waals surface area contributed by atoms with Crippen LogP contribution in [0.15, 0.2) is 60.7 Å². The van der Waals surface area contributed by atoms with Crippen LogP contribution in [-0.2, 0) is 32.0 Å². The molecule has 2 heterocycles. The molecule has 248 valence electrons. The van der Waals surface area contributed by atoms with Crippen LogP contribution in [0.25, 0.3) is 0 Å². The third-order valence-electron chi connectivity index (χ3n) is 10.8. The standard InChI is InChI=1S/2C19H25NO3.Ca/c2*21-18(20-12-15-8-4-5-9-16(15)13-20)11-17(19(22)23)10-14-6-2-1-3-7-14;/h2*1-3,6-7,15-17H,4-5,8-13H2,(H,22,23);/q;;+2/p-2/t2*15-,16-,17+;/m11./s1. The summed E-state index contributed by atoms with van der Waals surface area (Å²) in [5.74, 6) is -1.27. The van der Waals surface area contributed by atoms with Gasteiger partial charge in [-0.3, -0.25) is 9.59 Å². The topological polar surface area (TPSA) is 121 Å². The van der Waals surface area contributed by atoms with Gasteiger partial charge in [0.1, 0.15) is 0 Å². The smallest absolute Gasteiger partial charge is 0.550 e. The average molecular weight is 669 g/mol. The number of hydrogen-bond acceptors (Lipinski definition) is 6. The average Bonchev–Trinajstić information content (AvgIpc) is 3.70. The molecule has 4 aliphatic rings. The van der Waals surface area contributed by atoms with Gasteiger partial charge >= 0.3 is 37.7 Å². The number of amides is 2. The molecule has 2 saturated heterocycles. The number of carboxylic acids is 2. The van der Waals surface area contributed by atoms with E-state index in [0.29, 0.717) is 36.5 Å². The van der Waals surface area contributed by atoms with E-state index < -0.39 is 23.8 Å². The fraction of sp³-hybridized carbons (Fsp3) is 0.579. The fourth-order valence-corrected chi connectivity index (χ4v) is 8.17. The molecule has 0 spiro atoms. The first-order valence-corrected chi connectivity index (χ1v) is 17.3. The summed E-state index contributed by atoms with van der Waals surface area (Å²) in [6.45, 7) is 3.26. The van der Waals surface area contributed by atoms with E-state index in [1.165, 1.54) is 51.4 Å². The molecular formula is C38H48CaN2O6. The third-order valence-corrected chi connectivity index (χ3v) is 10.8. The van der Waals surface area contributed by atoms with Crippen molar-refractivity contribution in [2.24, 2.45) is 35.5 Å². The van der Waals surface area contributed by atoms with Crippen LogP contribution in [0, 0.1) is 35.5 Å². The van der Waals surface area contributed by atoms with E-state index in [4.69, 9.17) is 0 Å². The van der Waals surface area contributed by atoms with Gasteiger partial charge in [0, 0.05) is 62.8 Å². The number of nitrogens with zero attached hydrogens (tertiary/aromatic N) is 2. The predicted molar refractivity (Wildman–Crippen MR) is 176 cm³/mol. The van der Waals surface area contributed by atoms with E-state index in [-0.39, 0.29) is 62.4 Å². The molecule has 0 bridgehead atoms. The monoisotopic (exact) mass is 668 g/mol. The minimum absolute atomic E-state index is 0. The number of carbonyl (C=O) groups is 4. The van der Waals surface area contributed by atoms with Gasteiger partial charge in [0.15, 0.2) is 0 Å². The van der Waals surface area contributed by atoms with Gasteiger partial charge in [0.2, 0.25) is 11.8 Å². The Morgan fingerprint density at radius 1 is 0.553 bits per heavy atom. The van der Waals surface area contributed by atoms with E-state index in [9.17, 15) is 29.4 Å². The summed E-state index contributed by atoms with van der Waals surface area (Å²) in [4.78, 5) is 51.7. The first kappa shape index (κ1) is 37.4. The fourth-order valence-electron chi connectivity index (χ4n) is 8.17. The van der Waals surface area contributed by atoms with Gasteiger partial charge < -0.3 is 29.6 Å². The minimum Gasteiger partial charge on any atom is -0.550 e. The van der Waals surface area contributed by atoms with Gasteiger partial charge in [0.05, 0.1) is 0 Å². The van der Waals surface area contributed by atoms with Crippen molar-refractivity contribution in [3.63, 3.8) is 0 Å². The summed E-state index contributed by atoms with van der Waals surface area (Å²) in [6, 6.07) is 18.9. The van der Waals surface area contributed by atoms with Crippen LogP contribution in [0.1, 0.15) is 75.3 Å². The van der Waals surface area contributed by atoms with Gasteiger partial charge in [-0.1, -0.05) is 86.3 Å². The van der Waals surface area contributed by atoms with Gasteiger partial charge in [-0.25, -0.2) is 0 Å². The quantitative estimate of drug-likeness (QED) is 0.359. The SMILES string of the molecule is O=C([O-])[C@H](CC(=O)N1C[C@H]2CCCC[C@@H]2C1)Cc1ccccc1.O=C([O-])[C@H](CC(=O)N1C[C@H]2CCCC[C@@H]2C1)Cc1ccccc1.[Ca+2]. The molecule has 9 heteroatoms. The Bertz CT molecular complexity index is 1190. The van der Waals surface area contributed by atoms with Gasteiger partial charge in [0.25, 0.3) is 0 Å². The summed E-state index contributed by atoms with van der Waals surface area (Å²) >= 11 is 0. The molecule has 47 heavy (non-hydrogen) atoms. The number of rotatable bonds is 10.